The Morgan fingerprint density at radius 1 is 1.00 bits per heavy atom. The van der Waals surface area contributed by atoms with Gasteiger partial charge in [-0.1, -0.05) is 30.3 Å². The molecule has 0 amide bonds. The number of nitrogens with zero attached hydrogens (tertiary/aromatic N) is 2. The second-order valence-electron chi connectivity index (χ2n) is 6.95. The van der Waals surface area contributed by atoms with Crippen LogP contribution in [0.3, 0.4) is 0 Å². The third-order valence-electron chi connectivity index (χ3n) is 4.85. The Bertz CT molecular complexity index is 1290. The highest BCUT2D eigenvalue weighted by Crippen LogP contribution is 2.27. The summed E-state index contributed by atoms with van der Waals surface area (Å²) in [7, 11) is 0. The van der Waals surface area contributed by atoms with Crippen LogP contribution in [0.15, 0.2) is 82.6 Å². The molecular weight excluding hydrogens is 376 g/mol. The molecular formula is C25H22N2O3. The molecule has 0 spiro atoms. The Balaban J connectivity index is 1.91. The van der Waals surface area contributed by atoms with Crippen molar-refractivity contribution in [3.8, 4) is 17.3 Å². The quantitative estimate of drug-likeness (QED) is 0.473. The van der Waals surface area contributed by atoms with Crippen LogP contribution < -0.4 is 10.3 Å². The molecule has 0 atom stereocenters. The van der Waals surface area contributed by atoms with Crippen molar-refractivity contribution in [2.24, 2.45) is 4.99 Å². The summed E-state index contributed by atoms with van der Waals surface area (Å²) in [5.41, 5.74) is 2.62. The van der Waals surface area contributed by atoms with E-state index < -0.39 is 0 Å². The summed E-state index contributed by atoms with van der Waals surface area (Å²) in [6.45, 7) is 4.46. The molecule has 0 fully saturated rings. The van der Waals surface area contributed by atoms with Crippen LogP contribution >= 0.6 is 0 Å². The summed E-state index contributed by atoms with van der Waals surface area (Å²) in [4.78, 5) is 17.7. The molecule has 5 nitrogen and oxygen atoms in total. The van der Waals surface area contributed by atoms with E-state index >= 15 is 0 Å². The fraction of sp³-hybridized carbons (Fsp3) is 0.120. The van der Waals surface area contributed by atoms with Crippen LogP contribution in [0.1, 0.15) is 18.1 Å². The first-order chi connectivity index (χ1) is 14.6. The van der Waals surface area contributed by atoms with Gasteiger partial charge in [-0.2, -0.15) is 0 Å². The molecule has 1 N–H and O–H groups in total. The molecule has 4 aromatic rings. The number of ether oxygens (including phenoxy) is 1. The first kappa shape index (κ1) is 19.5. The van der Waals surface area contributed by atoms with Gasteiger partial charge in [0.05, 0.1) is 23.5 Å². The molecule has 0 aliphatic carbocycles. The SMILES string of the molecule is CCOc1ccc(-n2c(O)c(C=Nc3cccc(C)c3)c3ccccc3c2=O)cc1. The van der Waals surface area contributed by atoms with E-state index in [1.54, 1.807) is 36.5 Å². The van der Waals surface area contributed by atoms with Crippen LogP contribution in [0.5, 0.6) is 11.6 Å². The number of hydrogen-bond donors (Lipinski definition) is 1. The van der Waals surface area contributed by atoms with Gasteiger partial charge >= 0.3 is 0 Å². The lowest BCUT2D eigenvalue weighted by molar-refractivity contribution is 0.340. The first-order valence-corrected chi connectivity index (χ1v) is 9.79. The number of hydrogen-bond acceptors (Lipinski definition) is 4. The highest BCUT2D eigenvalue weighted by Gasteiger charge is 2.16. The molecule has 1 aromatic heterocycles. The van der Waals surface area contributed by atoms with Crippen molar-refractivity contribution < 1.29 is 9.84 Å². The van der Waals surface area contributed by atoms with Gasteiger partial charge in [0, 0.05) is 17.0 Å². The molecule has 3 aromatic carbocycles. The largest absolute Gasteiger partial charge is 0.494 e. The third-order valence-corrected chi connectivity index (χ3v) is 4.85. The fourth-order valence-corrected chi connectivity index (χ4v) is 3.43. The van der Waals surface area contributed by atoms with Gasteiger partial charge < -0.3 is 9.84 Å². The van der Waals surface area contributed by atoms with Gasteiger partial charge in [0.15, 0.2) is 0 Å². The minimum Gasteiger partial charge on any atom is -0.494 e. The summed E-state index contributed by atoms with van der Waals surface area (Å²) >= 11 is 0. The average Bonchev–Trinajstić information content (AvgIpc) is 2.75. The molecule has 150 valence electrons. The second-order valence-corrected chi connectivity index (χ2v) is 6.95. The zero-order valence-corrected chi connectivity index (χ0v) is 16.9. The molecule has 0 aliphatic heterocycles. The van der Waals surface area contributed by atoms with E-state index in [4.69, 9.17) is 4.74 Å². The molecule has 0 aliphatic rings. The Kier molecular flexibility index (Phi) is 5.35. The van der Waals surface area contributed by atoms with Crippen LogP contribution in [0.25, 0.3) is 16.5 Å². The maximum absolute atomic E-state index is 13.2. The van der Waals surface area contributed by atoms with Crippen molar-refractivity contribution in [3.63, 3.8) is 0 Å². The Morgan fingerprint density at radius 3 is 2.43 bits per heavy atom. The Labute approximate surface area is 174 Å². The van der Waals surface area contributed by atoms with E-state index in [0.29, 0.717) is 34.4 Å². The molecule has 0 unspecified atom stereocenters. The predicted molar refractivity (Wildman–Crippen MR) is 121 cm³/mol. The molecule has 0 bridgehead atoms. The zero-order chi connectivity index (χ0) is 21.1. The number of aromatic hydroxyl groups is 1. The van der Waals surface area contributed by atoms with Crippen LogP contribution in [0, 0.1) is 6.92 Å². The van der Waals surface area contributed by atoms with Crippen LogP contribution in [-0.2, 0) is 0 Å². The number of rotatable bonds is 5. The smallest absolute Gasteiger partial charge is 0.265 e. The number of pyridine rings is 1. The standard InChI is InChI=1S/C25H22N2O3/c1-3-30-20-13-11-19(12-14-20)27-24(28)22-10-5-4-9-21(22)23(25(27)29)16-26-18-8-6-7-17(2)15-18/h4-16,29H,3H2,1-2H3. The zero-order valence-electron chi connectivity index (χ0n) is 16.9. The number of fused-ring (bicyclic) bond motifs is 1. The lowest BCUT2D eigenvalue weighted by Crippen LogP contribution is -2.20. The maximum Gasteiger partial charge on any atom is 0.265 e. The number of aliphatic imine (C=N–C) groups is 1. The van der Waals surface area contributed by atoms with E-state index in [9.17, 15) is 9.90 Å². The van der Waals surface area contributed by atoms with Gasteiger partial charge in [0.1, 0.15) is 5.75 Å². The van der Waals surface area contributed by atoms with Gasteiger partial charge in [0.25, 0.3) is 5.56 Å². The topological polar surface area (TPSA) is 63.8 Å². The van der Waals surface area contributed by atoms with Crippen molar-refractivity contribution in [2.45, 2.75) is 13.8 Å². The van der Waals surface area contributed by atoms with Gasteiger partial charge in [-0.05, 0) is 61.9 Å². The van der Waals surface area contributed by atoms with Gasteiger partial charge in [-0.25, -0.2) is 4.57 Å². The fourth-order valence-electron chi connectivity index (χ4n) is 3.43. The number of aromatic nitrogens is 1. The van der Waals surface area contributed by atoms with E-state index in [1.807, 2.05) is 56.3 Å². The lowest BCUT2D eigenvalue weighted by atomic mass is 10.1. The predicted octanol–water partition coefficient (Wildman–Crippen LogP) is 5.15. The van der Waals surface area contributed by atoms with Gasteiger partial charge in [-0.15, -0.1) is 0 Å². The summed E-state index contributed by atoms with van der Waals surface area (Å²) in [6, 6.07) is 22.1. The molecule has 0 radical (unpaired) electrons. The lowest BCUT2D eigenvalue weighted by Gasteiger charge is -2.14. The molecule has 30 heavy (non-hydrogen) atoms. The number of benzene rings is 3. The highest BCUT2D eigenvalue weighted by atomic mass is 16.5. The Hall–Kier alpha value is -3.86. The minimum atomic E-state index is -0.292. The van der Waals surface area contributed by atoms with E-state index in [0.717, 1.165) is 11.3 Å². The molecule has 0 saturated carbocycles. The van der Waals surface area contributed by atoms with Crippen LogP contribution in [-0.4, -0.2) is 22.5 Å². The minimum absolute atomic E-state index is 0.153. The summed E-state index contributed by atoms with van der Waals surface area (Å²) in [5.74, 6) is 0.551. The summed E-state index contributed by atoms with van der Waals surface area (Å²) in [6.07, 6.45) is 1.61. The van der Waals surface area contributed by atoms with E-state index in [2.05, 4.69) is 4.99 Å². The van der Waals surface area contributed by atoms with Crippen molar-refractivity contribution in [1.29, 1.82) is 0 Å². The van der Waals surface area contributed by atoms with E-state index in [1.165, 1.54) is 4.57 Å². The van der Waals surface area contributed by atoms with Crippen molar-refractivity contribution in [1.82, 2.24) is 4.57 Å². The first-order valence-electron chi connectivity index (χ1n) is 9.79. The maximum atomic E-state index is 13.2. The summed E-state index contributed by atoms with van der Waals surface area (Å²) < 4.78 is 6.78. The molecule has 0 saturated heterocycles. The second kappa shape index (κ2) is 8.25. The van der Waals surface area contributed by atoms with Gasteiger partial charge in [-0.3, -0.25) is 9.79 Å². The van der Waals surface area contributed by atoms with Crippen LogP contribution in [0.2, 0.25) is 0 Å². The number of aryl methyl sites for hydroxylation is 1. The van der Waals surface area contributed by atoms with Crippen molar-refractivity contribution >= 4 is 22.7 Å². The average molecular weight is 398 g/mol. The summed E-state index contributed by atoms with van der Waals surface area (Å²) in [5, 5.41) is 12.2. The van der Waals surface area contributed by atoms with E-state index in [-0.39, 0.29) is 11.4 Å². The van der Waals surface area contributed by atoms with Crippen molar-refractivity contribution in [2.75, 3.05) is 6.61 Å². The monoisotopic (exact) mass is 398 g/mol. The third kappa shape index (κ3) is 3.70. The molecule has 4 rings (SSSR count). The van der Waals surface area contributed by atoms with Gasteiger partial charge in [0.2, 0.25) is 5.88 Å². The normalized spacial score (nSPS) is 11.3. The highest BCUT2D eigenvalue weighted by molar-refractivity contribution is 6.02. The molecule has 5 heteroatoms. The van der Waals surface area contributed by atoms with Crippen LogP contribution in [0.4, 0.5) is 5.69 Å². The molecule has 1 heterocycles. The Morgan fingerprint density at radius 2 is 1.73 bits per heavy atom. The van der Waals surface area contributed by atoms with Crippen molar-refractivity contribution in [3.05, 3.63) is 94.3 Å².